The molecule has 0 amide bonds. The highest BCUT2D eigenvalue weighted by Crippen LogP contribution is 2.20. The average molecular weight is 288 g/mol. The third-order valence-corrected chi connectivity index (χ3v) is 3.87. The molecule has 0 bridgehead atoms. The molecule has 0 aliphatic heterocycles. The maximum atomic E-state index is 13.3. The Morgan fingerprint density at radius 1 is 1.25 bits per heavy atom. The Bertz CT molecular complexity index is 741. The Morgan fingerprint density at radius 3 is 2.95 bits per heavy atom. The Morgan fingerprint density at radius 2 is 2.15 bits per heavy atom. The van der Waals surface area contributed by atoms with Crippen LogP contribution in [0.2, 0.25) is 0 Å². The molecule has 2 aromatic heterocycles. The van der Waals surface area contributed by atoms with Gasteiger partial charge in [0.15, 0.2) is 0 Å². The van der Waals surface area contributed by atoms with Crippen molar-refractivity contribution >= 4 is 28.1 Å². The number of hydrogen-bond donors (Lipinski definition) is 1. The van der Waals surface area contributed by atoms with Crippen LogP contribution in [0.25, 0.3) is 10.9 Å². The van der Waals surface area contributed by atoms with Gasteiger partial charge < -0.3 is 5.32 Å². The van der Waals surface area contributed by atoms with Gasteiger partial charge in [-0.1, -0.05) is 0 Å². The van der Waals surface area contributed by atoms with Gasteiger partial charge >= 0.3 is 0 Å². The largest absolute Gasteiger partial charge is 0.369 e. The third kappa shape index (κ3) is 2.75. The van der Waals surface area contributed by atoms with Crippen molar-refractivity contribution in [1.29, 1.82) is 0 Å². The maximum Gasteiger partial charge on any atom is 0.137 e. The van der Waals surface area contributed by atoms with Crippen molar-refractivity contribution in [2.45, 2.75) is 13.3 Å². The van der Waals surface area contributed by atoms with Crippen LogP contribution in [0.3, 0.4) is 0 Å². The van der Waals surface area contributed by atoms with E-state index in [4.69, 9.17) is 0 Å². The number of thiazole rings is 1. The zero-order chi connectivity index (χ0) is 13.9. The van der Waals surface area contributed by atoms with E-state index in [-0.39, 0.29) is 5.82 Å². The topological polar surface area (TPSA) is 50.7 Å². The quantitative estimate of drug-likeness (QED) is 0.801. The summed E-state index contributed by atoms with van der Waals surface area (Å²) in [5.74, 6) is 0.369. The van der Waals surface area contributed by atoms with Gasteiger partial charge in [0.1, 0.15) is 18.0 Å². The summed E-state index contributed by atoms with van der Waals surface area (Å²) >= 11 is 1.69. The molecule has 20 heavy (non-hydrogen) atoms. The predicted molar refractivity (Wildman–Crippen MR) is 78.5 cm³/mol. The lowest BCUT2D eigenvalue weighted by atomic mass is 10.2. The smallest absolute Gasteiger partial charge is 0.137 e. The lowest BCUT2D eigenvalue weighted by Gasteiger charge is -2.07. The molecule has 0 radical (unpaired) electrons. The molecule has 0 saturated carbocycles. The highest BCUT2D eigenvalue weighted by Gasteiger charge is 2.05. The van der Waals surface area contributed by atoms with Gasteiger partial charge in [0.2, 0.25) is 0 Å². The van der Waals surface area contributed by atoms with E-state index in [1.807, 2.05) is 13.1 Å². The van der Waals surface area contributed by atoms with Crippen molar-refractivity contribution in [2.75, 3.05) is 11.9 Å². The Balaban J connectivity index is 1.75. The van der Waals surface area contributed by atoms with Gasteiger partial charge in [0.25, 0.3) is 0 Å². The number of benzene rings is 1. The number of fused-ring (bicyclic) bond motifs is 1. The van der Waals surface area contributed by atoms with E-state index in [9.17, 15) is 4.39 Å². The minimum Gasteiger partial charge on any atom is -0.369 e. The van der Waals surface area contributed by atoms with Crippen LogP contribution in [0.1, 0.15) is 9.88 Å². The summed E-state index contributed by atoms with van der Waals surface area (Å²) in [6.07, 6.45) is 4.17. The number of nitrogens with one attached hydrogen (secondary N) is 1. The van der Waals surface area contributed by atoms with Crippen LogP contribution in [0.5, 0.6) is 0 Å². The fourth-order valence-corrected chi connectivity index (χ4v) is 2.76. The lowest BCUT2D eigenvalue weighted by Crippen LogP contribution is -2.07. The molecule has 3 aromatic rings. The third-order valence-electron chi connectivity index (χ3n) is 2.90. The van der Waals surface area contributed by atoms with Crippen LogP contribution in [0.4, 0.5) is 10.2 Å². The second-order valence-corrected chi connectivity index (χ2v) is 5.74. The molecule has 0 atom stereocenters. The van der Waals surface area contributed by atoms with Crippen molar-refractivity contribution in [3.63, 3.8) is 0 Å². The number of rotatable bonds is 4. The molecule has 1 aromatic carbocycles. The summed E-state index contributed by atoms with van der Waals surface area (Å²) in [4.78, 5) is 13.8. The normalized spacial score (nSPS) is 10.9. The zero-order valence-electron chi connectivity index (χ0n) is 10.9. The molecular weight excluding hydrogens is 275 g/mol. The summed E-state index contributed by atoms with van der Waals surface area (Å²) in [5.41, 5.74) is 0.731. The second kappa shape index (κ2) is 5.50. The molecule has 0 unspecified atom stereocenters. The van der Waals surface area contributed by atoms with Gasteiger partial charge in [0.05, 0.1) is 10.5 Å². The minimum absolute atomic E-state index is 0.286. The van der Waals surface area contributed by atoms with Crippen molar-refractivity contribution in [2.24, 2.45) is 0 Å². The molecule has 6 heteroatoms. The van der Waals surface area contributed by atoms with Crippen molar-refractivity contribution in [3.05, 3.63) is 46.4 Å². The average Bonchev–Trinajstić information content (AvgIpc) is 2.85. The van der Waals surface area contributed by atoms with E-state index in [0.29, 0.717) is 17.7 Å². The standard InChI is InChI=1S/C14H13FN4S/c1-9-7-17-13(20-9)4-5-16-14-11-6-10(15)2-3-12(11)18-8-19-14/h2-3,6-8H,4-5H2,1H3,(H,16,18,19). The fraction of sp³-hybridized carbons (Fsp3) is 0.214. The van der Waals surface area contributed by atoms with Crippen LogP contribution in [-0.4, -0.2) is 21.5 Å². The summed E-state index contributed by atoms with van der Waals surface area (Å²) in [6.45, 7) is 2.74. The molecule has 0 aliphatic rings. The summed E-state index contributed by atoms with van der Waals surface area (Å²) in [6, 6.07) is 4.50. The summed E-state index contributed by atoms with van der Waals surface area (Å²) in [5, 5.41) is 5.00. The van der Waals surface area contributed by atoms with Crippen molar-refractivity contribution in [3.8, 4) is 0 Å². The molecule has 1 N–H and O–H groups in total. The molecular formula is C14H13FN4S. The molecule has 4 nitrogen and oxygen atoms in total. The number of halogens is 1. The minimum atomic E-state index is -0.286. The van der Waals surface area contributed by atoms with E-state index in [1.54, 1.807) is 17.4 Å². The van der Waals surface area contributed by atoms with Gasteiger partial charge in [-0.3, -0.25) is 0 Å². The molecule has 0 fully saturated rings. The zero-order valence-corrected chi connectivity index (χ0v) is 11.7. The Labute approximate surface area is 119 Å². The van der Waals surface area contributed by atoms with Gasteiger partial charge in [0, 0.05) is 29.4 Å². The van der Waals surface area contributed by atoms with Crippen LogP contribution in [0, 0.1) is 12.7 Å². The first-order chi connectivity index (χ1) is 9.72. The number of aromatic nitrogens is 3. The summed E-state index contributed by atoms with van der Waals surface area (Å²) in [7, 11) is 0. The van der Waals surface area contributed by atoms with Gasteiger partial charge in [-0.25, -0.2) is 19.3 Å². The molecule has 0 saturated heterocycles. The SMILES string of the molecule is Cc1cnc(CCNc2ncnc3ccc(F)cc23)s1. The van der Waals surface area contributed by atoms with Crippen LogP contribution >= 0.6 is 11.3 Å². The molecule has 2 heterocycles. The lowest BCUT2D eigenvalue weighted by molar-refractivity contribution is 0.629. The van der Waals surface area contributed by atoms with Gasteiger partial charge in [-0.15, -0.1) is 11.3 Å². The van der Waals surface area contributed by atoms with Crippen molar-refractivity contribution < 1.29 is 4.39 Å². The first-order valence-corrected chi connectivity index (χ1v) is 7.09. The molecule has 0 aliphatic carbocycles. The molecule has 3 rings (SSSR count). The summed E-state index contributed by atoms with van der Waals surface area (Å²) < 4.78 is 13.3. The predicted octanol–water partition coefficient (Wildman–Crippen LogP) is 3.19. The van der Waals surface area contributed by atoms with E-state index in [2.05, 4.69) is 20.3 Å². The van der Waals surface area contributed by atoms with E-state index in [0.717, 1.165) is 16.9 Å². The number of aryl methyl sites for hydroxylation is 1. The van der Waals surface area contributed by atoms with Crippen LogP contribution in [-0.2, 0) is 6.42 Å². The van der Waals surface area contributed by atoms with Crippen molar-refractivity contribution in [1.82, 2.24) is 15.0 Å². The first-order valence-electron chi connectivity index (χ1n) is 6.28. The number of nitrogens with zero attached hydrogens (tertiary/aromatic N) is 3. The molecule has 102 valence electrons. The van der Waals surface area contributed by atoms with Crippen LogP contribution < -0.4 is 5.32 Å². The first kappa shape index (κ1) is 12.9. The Kier molecular flexibility index (Phi) is 3.56. The highest BCUT2D eigenvalue weighted by molar-refractivity contribution is 7.11. The molecule has 0 spiro atoms. The van der Waals surface area contributed by atoms with E-state index in [1.165, 1.54) is 23.3 Å². The van der Waals surface area contributed by atoms with Gasteiger partial charge in [-0.2, -0.15) is 0 Å². The monoisotopic (exact) mass is 288 g/mol. The van der Waals surface area contributed by atoms with Gasteiger partial charge in [-0.05, 0) is 25.1 Å². The fourth-order valence-electron chi connectivity index (χ4n) is 1.97. The highest BCUT2D eigenvalue weighted by atomic mass is 32.1. The van der Waals surface area contributed by atoms with Crippen LogP contribution in [0.15, 0.2) is 30.7 Å². The maximum absolute atomic E-state index is 13.3. The second-order valence-electron chi connectivity index (χ2n) is 4.43. The van der Waals surface area contributed by atoms with E-state index >= 15 is 0 Å². The van der Waals surface area contributed by atoms with E-state index < -0.39 is 0 Å². The number of anilines is 1. The number of hydrogen-bond acceptors (Lipinski definition) is 5. The Hall–Kier alpha value is -2.08.